The van der Waals surface area contributed by atoms with Crippen LogP contribution in [-0.2, 0) is 23.9 Å². The number of anilines is 2. The predicted octanol–water partition coefficient (Wildman–Crippen LogP) is 4.05. The highest BCUT2D eigenvalue weighted by molar-refractivity contribution is 7.18. The van der Waals surface area contributed by atoms with Gasteiger partial charge in [-0.15, -0.1) is 11.3 Å². The third kappa shape index (κ3) is 9.73. The number of nitrogens with one attached hydrogen (secondary N) is 1. The first-order chi connectivity index (χ1) is 21.0. The smallest absolute Gasteiger partial charge is 0.414 e. The molecule has 14 heteroatoms. The number of nitrogens with zero attached hydrogens (tertiary/aromatic N) is 3. The summed E-state index contributed by atoms with van der Waals surface area (Å²) >= 11 is 7.10. The van der Waals surface area contributed by atoms with Gasteiger partial charge < -0.3 is 25.4 Å². The summed E-state index contributed by atoms with van der Waals surface area (Å²) in [6.07, 6.45) is 0.241. The monoisotopic (exact) mass is 663 g/mol. The number of halogens is 1. The van der Waals surface area contributed by atoms with Crippen LogP contribution in [0.5, 0.6) is 0 Å². The topological polar surface area (TPSA) is 152 Å². The lowest BCUT2D eigenvalue weighted by atomic mass is 10.0. The molecule has 2 atom stereocenters. The van der Waals surface area contributed by atoms with E-state index >= 15 is 0 Å². The number of morpholine rings is 1. The van der Waals surface area contributed by atoms with Crippen LogP contribution in [-0.4, -0.2) is 86.2 Å². The molecule has 2 aliphatic rings. The summed E-state index contributed by atoms with van der Waals surface area (Å²) < 4.78 is 11.2. The van der Waals surface area contributed by atoms with E-state index in [1.807, 2.05) is 13.8 Å². The van der Waals surface area contributed by atoms with Crippen molar-refractivity contribution in [2.45, 2.75) is 59.1 Å². The molecule has 2 aromatic rings. The van der Waals surface area contributed by atoms with Crippen LogP contribution in [0, 0.1) is 5.92 Å². The summed E-state index contributed by atoms with van der Waals surface area (Å²) in [5.41, 5.74) is 7.17. The van der Waals surface area contributed by atoms with E-state index in [4.69, 9.17) is 26.8 Å². The molecule has 0 saturated carbocycles. The second kappa shape index (κ2) is 16.7. The van der Waals surface area contributed by atoms with Gasteiger partial charge in [0, 0.05) is 30.9 Å². The minimum absolute atomic E-state index is 0. The van der Waals surface area contributed by atoms with Crippen molar-refractivity contribution in [1.29, 1.82) is 0 Å². The van der Waals surface area contributed by atoms with Gasteiger partial charge in [0.1, 0.15) is 12.7 Å². The van der Waals surface area contributed by atoms with Crippen molar-refractivity contribution in [1.82, 2.24) is 10.2 Å². The fraction of sp³-hybridized carbons (Fsp3) is 0.516. The summed E-state index contributed by atoms with van der Waals surface area (Å²) in [5, 5.41) is 2.79. The highest BCUT2D eigenvalue weighted by atomic mass is 35.5. The molecule has 5 amide bonds. The lowest BCUT2D eigenvalue weighted by Gasteiger charge is -2.27. The Morgan fingerprint density at radius 3 is 2.40 bits per heavy atom. The molecule has 12 nitrogen and oxygen atoms in total. The minimum Gasteiger partial charge on any atom is -0.442 e. The van der Waals surface area contributed by atoms with Crippen LogP contribution >= 0.6 is 22.9 Å². The minimum atomic E-state index is -0.756. The fourth-order valence-electron chi connectivity index (χ4n) is 4.99. The molecule has 45 heavy (non-hydrogen) atoms. The summed E-state index contributed by atoms with van der Waals surface area (Å²) in [7, 11) is 0. The Labute approximate surface area is 272 Å². The van der Waals surface area contributed by atoms with Gasteiger partial charge in [0.25, 0.3) is 11.8 Å². The Morgan fingerprint density at radius 2 is 1.78 bits per heavy atom. The van der Waals surface area contributed by atoms with Gasteiger partial charge in [-0.1, -0.05) is 32.9 Å². The van der Waals surface area contributed by atoms with Crippen molar-refractivity contribution in [2.75, 3.05) is 49.2 Å². The van der Waals surface area contributed by atoms with E-state index in [0.717, 1.165) is 16.2 Å². The average Bonchev–Trinajstić information content (AvgIpc) is 3.60. The van der Waals surface area contributed by atoms with E-state index in [0.29, 0.717) is 65.5 Å². The van der Waals surface area contributed by atoms with Gasteiger partial charge in [-0.25, -0.2) is 4.79 Å². The molecule has 246 valence electrons. The Hall–Kier alpha value is -3.52. The number of carbonyl (C=O) groups is 5. The molecule has 3 heterocycles. The first kappa shape index (κ1) is 36.0. The molecule has 1 aromatic carbocycles. The van der Waals surface area contributed by atoms with Gasteiger partial charge in [0.15, 0.2) is 0 Å². The van der Waals surface area contributed by atoms with E-state index in [1.165, 1.54) is 4.90 Å². The van der Waals surface area contributed by atoms with Crippen molar-refractivity contribution in [3.8, 4) is 0 Å². The van der Waals surface area contributed by atoms with Crippen LogP contribution in [0.2, 0.25) is 4.34 Å². The maximum absolute atomic E-state index is 13.4. The molecule has 0 unspecified atom stereocenters. The Kier molecular flexibility index (Phi) is 13.3. The number of benzene rings is 1. The number of imide groups is 1. The van der Waals surface area contributed by atoms with Crippen molar-refractivity contribution >= 4 is 64.0 Å². The van der Waals surface area contributed by atoms with E-state index in [1.54, 1.807) is 41.3 Å². The van der Waals surface area contributed by atoms with Crippen molar-refractivity contribution in [3.63, 3.8) is 0 Å². The third-order valence-electron chi connectivity index (χ3n) is 7.23. The van der Waals surface area contributed by atoms with E-state index < -0.39 is 30.1 Å². The molecule has 1 aromatic heterocycles. The second-order valence-electron chi connectivity index (χ2n) is 11.1. The normalized spacial score (nSPS) is 17.1. The van der Waals surface area contributed by atoms with E-state index in [9.17, 15) is 24.0 Å². The van der Waals surface area contributed by atoms with Gasteiger partial charge in [-0.05, 0) is 61.6 Å². The molecule has 0 radical (unpaired) electrons. The molecule has 2 fully saturated rings. The zero-order chi connectivity index (χ0) is 31.8. The van der Waals surface area contributed by atoms with Crippen LogP contribution in [0.3, 0.4) is 0 Å². The van der Waals surface area contributed by atoms with Crippen molar-refractivity contribution in [2.24, 2.45) is 11.7 Å². The number of amides is 5. The quantitative estimate of drug-likeness (QED) is 0.305. The lowest BCUT2D eigenvalue weighted by molar-refractivity contribution is -0.129. The largest absolute Gasteiger partial charge is 0.442 e. The highest BCUT2D eigenvalue weighted by Gasteiger charge is 2.36. The Balaban J connectivity index is 0.00000552. The van der Waals surface area contributed by atoms with Crippen LogP contribution < -0.4 is 20.9 Å². The van der Waals surface area contributed by atoms with Crippen LogP contribution in [0.15, 0.2) is 36.4 Å². The molecular weight excluding hydrogens is 622 g/mol. The number of ether oxygens (including phenoxy) is 2. The van der Waals surface area contributed by atoms with Gasteiger partial charge in [0.2, 0.25) is 11.8 Å². The third-order valence-corrected chi connectivity index (χ3v) is 8.45. The number of thiophene rings is 1. The van der Waals surface area contributed by atoms with Crippen molar-refractivity contribution < 1.29 is 33.4 Å². The molecule has 0 bridgehead atoms. The molecule has 0 spiro atoms. The first-order valence-corrected chi connectivity index (χ1v) is 15.8. The van der Waals surface area contributed by atoms with E-state index in [2.05, 4.69) is 5.32 Å². The van der Waals surface area contributed by atoms with Gasteiger partial charge in [0.05, 0.1) is 35.0 Å². The van der Waals surface area contributed by atoms with Crippen molar-refractivity contribution in [3.05, 3.63) is 45.6 Å². The molecule has 3 N–H and O–H groups in total. The number of cyclic esters (lactones) is 1. The summed E-state index contributed by atoms with van der Waals surface area (Å²) in [4.78, 5) is 68.2. The predicted molar refractivity (Wildman–Crippen MR) is 174 cm³/mol. The number of hydrogen-bond donors (Lipinski definition) is 2. The molecule has 2 aliphatic heterocycles. The highest BCUT2D eigenvalue weighted by Crippen LogP contribution is 2.27. The van der Waals surface area contributed by atoms with Crippen LogP contribution in [0.25, 0.3) is 0 Å². The maximum Gasteiger partial charge on any atom is 0.414 e. The van der Waals surface area contributed by atoms with Gasteiger partial charge in [-0.3, -0.25) is 29.0 Å². The van der Waals surface area contributed by atoms with Crippen LogP contribution in [0.4, 0.5) is 16.2 Å². The number of nitrogens with two attached hydrogens (primary N) is 1. The number of carbonyl (C=O) groups excluding carboxylic acids is 5. The number of rotatable bonds is 13. The molecule has 0 aliphatic carbocycles. The number of unbranched alkanes of at least 4 members (excludes halogenated alkanes) is 1. The zero-order valence-corrected chi connectivity index (χ0v) is 26.4. The van der Waals surface area contributed by atoms with Gasteiger partial charge >= 0.3 is 6.09 Å². The maximum atomic E-state index is 13.4. The molecule has 2 saturated heterocycles. The lowest BCUT2D eigenvalue weighted by Crippen LogP contribution is -2.43. The number of hydrogen-bond acceptors (Lipinski definition) is 9. The zero-order valence-electron chi connectivity index (χ0n) is 24.8. The van der Waals surface area contributed by atoms with Gasteiger partial charge in [-0.2, -0.15) is 0 Å². The molecule has 4 rings (SSSR count). The first-order valence-electron chi connectivity index (χ1n) is 14.6. The molecular formula is C31H42ClN5O7S. The fourth-order valence-corrected chi connectivity index (χ4v) is 5.98. The standard InChI is InChI=1S/C30H38ClN5O7S.CH4/c1-19(2)15-23(32)28(39)33-12-4-3-5-26(37)36(29(40)24-10-11-25(31)44-24)17-22-16-35(30(41)43-22)21-8-6-20(7-9-21)34-13-14-42-18-27(34)38;/h6-11,19,22-23H,3-5,12-18,32H2,1-2H3,(H,33,39);1H4/t22-,23+;/m1./s1. The van der Waals surface area contributed by atoms with Crippen LogP contribution in [0.1, 0.15) is 56.6 Å². The second-order valence-corrected chi connectivity index (χ2v) is 12.8. The summed E-state index contributed by atoms with van der Waals surface area (Å²) in [5.74, 6) is -1.01. The Bertz CT molecular complexity index is 1350. The summed E-state index contributed by atoms with van der Waals surface area (Å²) in [6.45, 7) is 5.26. The Morgan fingerprint density at radius 1 is 1.09 bits per heavy atom. The van der Waals surface area contributed by atoms with E-state index in [-0.39, 0.29) is 45.4 Å². The summed E-state index contributed by atoms with van der Waals surface area (Å²) in [6, 6.07) is 9.50. The average molecular weight is 664 g/mol. The SMILES string of the molecule is C.CC(C)C[C@H](N)C(=O)NCCCCC(=O)N(C[C@H]1CN(c2ccc(N3CCOCC3=O)cc2)C(=O)O1)C(=O)c1ccc(Cl)s1.